The molecule has 116 valence electrons. The first-order chi connectivity index (χ1) is 9.56. The number of nitrogens with two attached hydrogens (primary N) is 1. The zero-order valence-electron chi connectivity index (χ0n) is 11.6. The van der Waals surface area contributed by atoms with Crippen molar-refractivity contribution in [2.24, 2.45) is 5.73 Å². The van der Waals surface area contributed by atoms with Crippen molar-refractivity contribution in [3.8, 4) is 0 Å². The summed E-state index contributed by atoms with van der Waals surface area (Å²) in [7, 11) is 0. The number of amides is 2. The van der Waals surface area contributed by atoms with Crippen LogP contribution in [0.2, 0.25) is 0 Å². The van der Waals surface area contributed by atoms with Gasteiger partial charge in [0.25, 0.3) is 0 Å². The zero-order chi connectivity index (χ0) is 15.4. The van der Waals surface area contributed by atoms with Gasteiger partial charge in [0, 0.05) is 0 Å². The molecule has 0 fully saturated rings. The van der Waals surface area contributed by atoms with Crippen LogP contribution in [0.15, 0.2) is 0 Å². The van der Waals surface area contributed by atoms with Gasteiger partial charge in [0.1, 0.15) is 12.1 Å². The summed E-state index contributed by atoms with van der Waals surface area (Å²) in [6, 6.07) is -1.64. The van der Waals surface area contributed by atoms with Crippen molar-refractivity contribution in [1.29, 1.82) is 0 Å². The molecule has 0 aromatic heterocycles. The summed E-state index contributed by atoms with van der Waals surface area (Å²) in [5.74, 6) is -0.847. The van der Waals surface area contributed by atoms with Crippen LogP contribution in [0, 0.1) is 0 Å². The fourth-order valence-electron chi connectivity index (χ4n) is 1.63. The lowest BCUT2D eigenvalue weighted by atomic mass is 10.1. The minimum absolute atomic E-state index is 0.328. The zero-order valence-corrected chi connectivity index (χ0v) is 12.4. The number of aliphatic carboxylic acids is 1. The molecular weight excluding hydrogens is 282 g/mol. The van der Waals surface area contributed by atoms with E-state index >= 15 is 0 Å². The Morgan fingerprint density at radius 1 is 1.30 bits per heavy atom. The van der Waals surface area contributed by atoms with Gasteiger partial charge in [-0.15, -0.1) is 0 Å². The van der Waals surface area contributed by atoms with Crippen LogP contribution in [0.5, 0.6) is 0 Å². The molecule has 0 saturated heterocycles. The van der Waals surface area contributed by atoms with Crippen molar-refractivity contribution in [3.05, 3.63) is 0 Å². The third-order valence-electron chi connectivity index (χ3n) is 2.76. The highest BCUT2D eigenvalue weighted by atomic mass is 32.2. The molecule has 0 aliphatic carbocycles. The number of rotatable bonds is 12. The Kier molecular flexibility index (Phi) is 10.8. The molecule has 2 amide bonds. The lowest BCUT2D eigenvalue weighted by Gasteiger charge is -2.19. The molecule has 5 N–H and O–H groups in total. The van der Waals surface area contributed by atoms with E-state index in [-0.39, 0.29) is 0 Å². The van der Waals surface area contributed by atoms with Crippen molar-refractivity contribution < 1.29 is 19.5 Å². The highest BCUT2D eigenvalue weighted by Gasteiger charge is 2.24. The van der Waals surface area contributed by atoms with Crippen LogP contribution in [-0.4, -0.2) is 54.0 Å². The number of hydrogen-bond donors (Lipinski definition) is 4. The molecule has 0 spiro atoms. The molecule has 8 heteroatoms. The second-order valence-corrected chi connectivity index (χ2v) is 5.29. The first-order valence-electron chi connectivity index (χ1n) is 6.48. The summed E-state index contributed by atoms with van der Waals surface area (Å²) in [4.78, 5) is 33.5. The molecule has 0 radical (unpaired) electrons. The summed E-state index contributed by atoms with van der Waals surface area (Å²) < 4.78 is 0. The predicted molar refractivity (Wildman–Crippen MR) is 78.5 cm³/mol. The van der Waals surface area contributed by atoms with E-state index in [2.05, 4.69) is 10.6 Å². The summed E-state index contributed by atoms with van der Waals surface area (Å²) in [5, 5.41) is 13.9. The number of unbranched alkanes of at least 4 members (excludes halogenated alkanes) is 1. The average molecular weight is 305 g/mol. The van der Waals surface area contributed by atoms with Crippen LogP contribution in [0.3, 0.4) is 0 Å². The molecule has 0 saturated carbocycles. The standard InChI is InChI=1S/C12H23N3O4S/c1-20-7-5-9(14-8-16)11(17)15-10(12(18)19)4-2-3-6-13/h8-10H,2-7,13H2,1H3,(H,14,16)(H,15,17)(H,18,19)/t9-,10-/m0/s1. The molecule has 0 rings (SSSR count). The van der Waals surface area contributed by atoms with Crippen molar-refractivity contribution >= 4 is 30.0 Å². The summed E-state index contributed by atoms with van der Waals surface area (Å²) >= 11 is 1.55. The topological polar surface area (TPSA) is 122 Å². The van der Waals surface area contributed by atoms with Crippen LogP contribution in [0.25, 0.3) is 0 Å². The second kappa shape index (κ2) is 11.5. The molecular formula is C12H23N3O4S. The Balaban J connectivity index is 4.44. The number of carboxylic acid groups (broad SMARTS) is 1. The van der Waals surface area contributed by atoms with Gasteiger partial charge in [-0.1, -0.05) is 0 Å². The van der Waals surface area contributed by atoms with Gasteiger partial charge in [-0.3, -0.25) is 9.59 Å². The van der Waals surface area contributed by atoms with Crippen LogP contribution in [0.1, 0.15) is 25.7 Å². The molecule has 0 heterocycles. The minimum Gasteiger partial charge on any atom is -0.480 e. The van der Waals surface area contributed by atoms with Gasteiger partial charge in [-0.25, -0.2) is 4.79 Å². The van der Waals surface area contributed by atoms with Crippen molar-refractivity contribution in [3.63, 3.8) is 0 Å². The number of carbonyl (C=O) groups excluding carboxylic acids is 2. The molecule has 0 bridgehead atoms. The third-order valence-corrected chi connectivity index (χ3v) is 3.40. The Hall–Kier alpha value is -1.28. The Morgan fingerprint density at radius 2 is 2.00 bits per heavy atom. The minimum atomic E-state index is -1.08. The van der Waals surface area contributed by atoms with E-state index in [1.54, 1.807) is 11.8 Å². The molecule has 0 unspecified atom stereocenters. The first kappa shape index (κ1) is 18.7. The maximum Gasteiger partial charge on any atom is 0.326 e. The average Bonchev–Trinajstić information content (AvgIpc) is 2.42. The lowest BCUT2D eigenvalue weighted by molar-refractivity contribution is -0.142. The van der Waals surface area contributed by atoms with E-state index < -0.39 is 24.0 Å². The first-order valence-corrected chi connectivity index (χ1v) is 7.88. The number of carboxylic acids is 1. The third kappa shape index (κ3) is 8.00. The monoisotopic (exact) mass is 305 g/mol. The molecule has 0 aromatic rings. The predicted octanol–water partition coefficient (Wildman–Crippen LogP) is -0.447. The summed E-state index contributed by atoms with van der Waals surface area (Å²) in [5.41, 5.74) is 5.35. The van der Waals surface area contributed by atoms with Crippen LogP contribution in [-0.2, 0) is 14.4 Å². The smallest absolute Gasteiger partial charge is 0.326 e. The second-order valence-electron chi connectivity index (χ2n) is 4.30. The highest BCUT2D eigenvalue weighted by Crippen LogP contribution is 2.04. The van der Waals surface area contributed by atoms with Gasteiger partial charge in [-0.05, 0) is 44.2 Å². The Bertz CT molecular complexity index is 315. The number of nitrogens with one attached hydrogen (secondary N) is 2. The summed E-state index contributed by atoms with van der Waals surface area (Å²) in [6.07, 6.45) is 4.47. The van der Waals surface area contributed by atoms with Crippen molar-refractivity contribution in [2.45, 2.75) is 37.8 Å². The number of thioether (sulfide) groups is 1. The van der Waals surface area contributed by atoms with E-state index in [1.165, 1.54) is 0 Å². The fourth-order valence-corrected chi connectivity index (χ4v) is 2.10. The number of hydrogen-bond acceptors (Lipinski definition) is 5. The van der Waals surface area contributed by atoms with Crippen LogP contribution >= 0.6 is 11.8 Å². The van der Waals surface area contributed by atoms with Crippen molar-refractivity contribution in [1.82, 2.24) is 10.6 Å². The normalized spacial score (nSPS) is 13.3. The van der Waals surface area contributed by atoms with E-state index in [0.29, 0.717) is 44.4 Å². The van der Waals surface area contributed by atoms with Gasteiger partial charge in [0.05, 0.1) is 0 Å². The number of carbonyl (C=O) groups is 3. The highest BCUT2D eigenvalue weighted by molar-refractivity contribution is 7.98. The van der Waals surface area contributed by atoms with E-state index in [9.17, 15) is 14.4 Å². The van der Waals surface area contributed by atoms with Gasteiger partial charge in [-0.2, -0.15) is 11.8 Å². The largest absolute Gasteiger partial charge is 0.480 e. The van der Waals surface area contributed by atoms with E-state index in [1.807, 2.05) is 6.26 Å². The van der Waals surface area contributed by atoms with Crippen LogP contribution in [0.4, 0.5) is 0 Å². The van der Waals surface area contributed by atoms with Gasteiger partial charge in [0.2, 0.25) is 12.3 Å². The maximum atomic E-state index is 12.0. The Morgan fingerprint density at radius 3 is 2.50 bits per heavy atom. The Labute approximate surface area is 123 Å². The fraction of sp³-hybridized carbons (Fsp3) is 0.750. The van der Waals surface area contributed by atoms with Gasteiger partial charge < -0.3 is 21.5 Å². The van der Waals surface area contributed by atoms with Gasteiger partial charge in [0.15, 0.2) is 0 Å². The lowest BCUT2D eigenvalue weighted by Crippen LogP contribution is -2.50. The summed E-state index contributed by atoms with van der Waals surface area (Å²) in [6.45, 7) is 0.489. The van der Waals surface area contributed by atoms with Gasteiger partial charge >= 0.3 is 5.97 Å². The quantitative estimate of drug-likeness (QED) is 0.286. The van der Waals surface area contributed by atoms with E-state index in [0.717, 1.165) is 0 Å². The maximum absolute atomic E-state index is 12.0. The molecule has 7 nitrogen and oxygen atoms in total. The van der Waals surface area contributed by atoms with E-state index in [4.69, 9.17) is 10.8 Å². The molecule has 2 atom stereocenters. The van der Waals surface area contributed by atoms with Crippen molar-refractivity contribution in [2.75, 3.05) is 18.6 Å². The molecule has 20 heavy (non-hydrogen) atoms. The molecule has 0 aliphatic rings. The molecule has 0 aliphatic heterocycles. The SMILES string of the molecule is CSCC[C@H](NC=O)C(=O)N[C@@H](CCCCN)C(=O)O. The molecule has 0 aromatic carbocycles. The van der Waals surface area contributed by atoms with Crippen LogP contribution < -0.4 is 16.4 Å².